The van der Waals surface area contributed by atoms with Gasteiger partial charge in [-0.05, 0) is 43.5 Å². The van der Waals surface area contributed by atoms with Crippen LogP contribution in [0.3, 0.4) is 0 Å². The predicted octanol–water partition coefficient (Wildman–Crippen LogP) is 3.01. The van der Waals surface area contributed by atoms with Crippen molar-refractivity contribution in [2.24, 2.45) is 0 Å². The van der Waals surface area contributed by atoms with E-state index in [-0.39, 0.29) is 11.7 Å². The third-order valence-electron chi connectivity index (χ3n) is 2.97. The Hall–Kier alpha value is -1.69. The smallest absolute Gasteiger partial charge is 0.295 e. The number of rotatable bonds is 3. The van der Waals surface area contributed by atoms with Crippen LogP contribution >= 0.6 is 15.9 Å². The van der Waals surface area contributed by atoms with Crippen LogP contribution in [-0.4, -0.2) is 21.1 Å². The van der Waals surface area contributed by atoms with Crippen LogP contribution in [0.25, 0.3) is 0 Å². The Kier molecular flexibility index (Phi) is 3.10. The SMILES string of the molecule is Cc1cc(Br)cc(NC(=O)c2n[nH]c(C3CC3)n2)c1. The van der Waals surface area contributed by atoms with Gasteiger partial charge in [0.1, 0.15) is 5.82 Å². The van der Waals surface area contributed by atoms with Crippen molar-refractivity contribution in [3.8, 4) is 0 Å². The first-order valence-corrected chi connectivity index (χ1v) is 6.92. The molecule has 1 aliphatic carbocycles. The monoisotopic (exact) mass is 320 g/mol. The van der Waals surface area contributed by atoms with Gasteiger partial charge >= 0.3 is 0 Å². The number of halogens is 1. The van der Waals surface area contributed by atoms with Crippen molar-refractivity contribution in [2.75, 3.05) is 5.32 Å². The van der Waals surface area contributed by atoms with E-state index in [9.17, 15) is 4.79 Å². The Morgan fingerprint density at radius 1 is 1.42 bits per heavy atom. The summed E-state index contributed by atoms with van der Waals surface area (Å²) >= 11 is 3.40. The Morgan fingerprint density at radius 2 is 2.21 bits per heavy atom. The van der Waals surface area contributed by atoms with E-state index in [1.54, 1.807) is 0 Å². The summed E-state index contributed by atoms with van der Waals surface area (Å²) in [6, 6.07) is 5.73. The molecule has 1 amide bonds. The number of aromatic amines is 1. The lowest BCUT2D eigenvalue weighted by atomic mass is 10.2. The van der Waals surface area contributed by atoms with E-state index in [0.29, 0.717) is 5.92 Å². The standard InChI is InChI=1S/C13H13BrN4O/c1-7-4-9(14)6-10(5-7)15-13(19)12-16-11(17-18-12)8-2-3-8/h4-6,8H,2-3H2,1H3,(H,15,19)(H,16,17,18). The summed E-state index contributed by atoms with van der Waals surface area (Å²) in [6.45, 7) is 1.97. The van der Waals surface area contributed by atoms with Gasteiger partial charge in [0, 0.05) is 16.1 Å². The first kappa shape index (κ1) is 12.3. The molecule has 3 rings (SSSR count). The molecule has 1 saturated carbocycles. The molecule has 1 aliphatic rings. The Labute approximate surface area is 119 Å². The number of nitrogens with one attached hydrogen (secondary N) is 2. The van der Waals surface area contributed by atoms with Crippen molar-refractivity contribution in [2.45, 2.75) is 25.7 Å². The van der Waals surface area contributed by atoms with Crippen molar-refractivity contribution < 1.29 is 4.79 Å². The molecule has 0 spiro atoms. The second-order valence-corrected chi connectivity index (χ2v) is 5.71. The molecule has 0 aliphatic heterocycles. The summed E-state index contributed by atoms with van der Waals surface area (Å²) in [6.07, 6.45) is 2.25. The predicted molar refractivity (Wildman–Crippen MR) is 75.2 cm³/mol. The van der Waals surface area contributed by atoms with Crippen LogP contribution in [-0.2, 0) is 0 Å². The summed E-state index contributed by atoms with van der Waals surface area (Å²) in [5.41, 5.74) is 1.80. The number of aryl methyl sites for hydroxylation is 1. The average molecular weight is 321 g/mol. The maximum atomic E-state index is 12.0. The van der Waals surface area contributed by atoms with Crippen molar-refractivity contribution in [3.63, 3.8) is 0 Å². The minimum atomic E-state index is -0.291. The molecule has 0 unspecified atom stereocenters. The van der Waals surface area contributed by atoms with Crippen molar-refractivity contribution in [3.05, 3.63) is 39.9 Å². The van der Waals surface area contributed by atoms with Gasteiger partial charge in [-0.1, -0.05) is 15.9 Å². The van der Waals surface area contributed by atoms with Gasteiger partial charge in [0.05, 0.1) is 0 Å². The zero-order valence-electron chi connectivity index (χ0n) is 10.4. The Balaban J connectivity index is 1.75. The molecule has 2 N–H and O–H groups in total. The quantitative estimate of drug-likeness (QED) is 0.913. The summed E-state index contributed by atoms with van der Waals surface area (Å²) in [7, 11) is 0. The van der Waals surface area contributed by atoms with Crippen LogP contribution in [0.4, 0.5) is 5.69 Å². The highest BCUT2D eigenvalue weighted by Gasteiger charge is 2.28. The van der Waals surface area contributed by atoms with Crippen LogP contribution < -0.4 is 5.32 Å². The molecule has 19 heavy (non-hydrogen) atoms. The molecule has 2 aromatic rings. The lowest BCUT2D eigenvalue weighted by molar-refractivity contribution is 0.101. The molecule has 98 valence electrons. The van der Waals surface area contributed by atoms with Gasteiger partial charge in [-0.3, -0.25) is 9.89 Å². The zero-order chi connectivity index (χ0) is 13.4. The van der Waals surface area contributed by atoms with E-state index in [1.165, 1.54) is 0 Å². The molecular formula is C13H13BrN4O. The number of hydrogen-bond acceptors (Lipinski definition) is 3. The fourth-order valence-electron chi connectivity index (χ4n) is 1.91. The largest absolute Gasteiger partial charge is 0.319 e. The maximum Gasteiger partial charge on any atom is 0.295 e. The number of H-pyrrole nitrogens is 1. The summed E-state index contributed by atoms with van der Waals surface area (Å²) in [5.74, 6) is 1.18. The van der Waals surface area contributed by atoms with Crippen LogP contribution in [0.15, 0.2) is 22.7 Å². The van der Waals surface area contributed by atoms with Gasteiger partial charge in [-0.2, -0.15) is 0 Å². The van der Waals surface area contributed by atoms with Gasteiger partial charge in [-0.15, -0.1) is 5.10 Å². The molecular weight excluding hydrogens is 308 g/mol. The molecule has 1 aromatic carbocycles. The third-order valence-corrected chi connectivity index (χ3v) is 3.43. The van der Waals surface area contributed by atoms with Crippen LogP contribution in [0.2, 0.25) is 0 Å². The van der Waals surface area contributed by atoms with Crippen molar-refractivity contribution in [1.29, 1.82) is 0 Å². The second-order valence-electron chi connectivity index (χ2n) is 4.79. The zero-order valence-corrected chi connectivity index (χ0v) is 12.0. The molecule has 0 radical (unpaired) electrons. The molecule has 1 fully saturated rings. The van der Waals surface area contributed by atoms with Gasteiger partial charge in [0.2, 0.25) is 5.82 Å². The van der Waals surface area contributed by atoms with E-state index in [1.807, 2.05) is 25.1 Å². The Bertz CT molecular complexity index is 613. The van der Waals surface area contributed by atoms with Gasteiger partial charge < -0.3 is 5.32 Å². The van der Waals surface area contributed by atoms with Crippen molar-refractivity contribution in [1.82, 2.24) is 15.2 Å². The number of benzene rings is 1. The summed E-state index contributed by atoms with van der Waals surface area (Å²) in [4.78, 5) is 16.2. The first-order chi connectivity index (χ1) is 9.11. The highest BCUT2D eigenvalue weighted by atomic mass is 79.9. The number of hydrogen-bond donors (Lipinski definition) is 2. The number of anilines is 1. The first-order valence-electron chi connectivity index (χ1n) is 6.12. The molecule has 1 aromatic heterocycles. The molecule has 0 saturated heterocycles. The van der Waals surface area contributed by atoms with Crippen LogP contribution in [0.1, 0.15) is 40.8 Å². The van der Waals surface area contributed by atoms with Crippen LogP contribution in [0.5, 0.6) is 0 Å². The third kappa shape index (κ3) is 2.84. The number of amides is 1. The fraction of sp³-hybridized carbons (Fsp3) is 0.308. The summed E-state index contributed by atoms with van der Waals surface area (Å²) < 4.78 is 0.927. The van der Waals surface area contributed by atoms with E-state index in [2.05, 4.69) is 36.4 Å². The molecule has 1 heterocycles. The van der Waals surface area contributed by atoms with Crippen LogP contribution in [0, 0.1) is 6.92 Å². The summed E-state index contributed by atoms with van der Waals surface area (Å²) in [5, 5.41) is 9.58. The number of nitrogens with zero attached hydrogens (tertiary/aromatic N) is 2. The van der Waals surface area contributed by atoms with E-state index in [0.717, 1.165) is 34.4 Å². The lowest BCUT2D eigenvalue weighted by Gasteiger charge is -2.04. The van der Waals surface area contributed by atoms with Crippen molar-refractivity contribution >= 4 is 27.5 Å². The molecule has 5 nitrogen and oxygen atoms in total. The highest BCUT2D eigenvalue weighted by molar-refractivity contribution is 9.10. The molecule has 6 heteroatoms. The van der Waals surface area contributed by atoms with E-state index >= 15 is 0 Å². The highest BCUT2D eigenvalue weighted by Crippen LogP contribution is 2.37. The normalized spacial score (nSPS) is 14.4. The molecule has 0 bridgehead atoms. The number of aromatic nitrogens is 3. The second kappa shape index (κ2) is 4.77. The van der Waals surface area contributed by atoms with Gasteiger partial charge in [-0.25, -0.2) is 4.98 Å². The average Bonchev–Trinajstić information content (AvgIpc) is 3.05. The van der Waals surface area contributed by atoms with Gasteiger partial charge in [0.25, 0.3) is 5.91 Å². The fourth-order valence-corrected chi connectivity index (χ4v) is 2.52. The van der Waals surface area contributed by atoms with E-state index < -0.39 is 0 Å². The maximum absolute atomic E-state index is 12.0. The minimum absolute atomic E-state index is 0.194. The van der Waals surface area contributed by atoms with E-state index in [4.69, 9.17) is 0 Å². The topological polar surface area (TPSA) is 70.7 Å². The Morgan fingerprint density at radius 3 is 2.89 bits per heavy atom. The number of carbonyl (C=O) groups excluding carboxylic acids is 1. The minimum Gasteiger partial charge on any atom is -0.319 e. The lowest BCUT2D eigenvalue weighted by Crippen LogP contribution is -2.14. The number of carbonyl (C=O) groups is 1. The van der Waals surface area contributed by atoms with Gasteiger partial charge in [0.15, 0.2) is 0 Å². The molecule has 0 atom stereocenters.